The second-order valence-corrected chi connectivity index (χ2v) is 2.80. The molecule has 0 saturated carbocycles. The van der Waals surface area contributed by atoms with E-state index in [1.807, 2.05) is 6.20 Å². The number of nitrogens with zero attached hydrogens (tertiary/aromatic N) is 1. The molecule has 0 radical (unpaired) electrons. The van der Waals surface area contributed by atoms with Crippen LogP contribution in [-0.2, 0) is 6.54 Å². The van der Waals surface area contributed by atoms with E-state index in [-0.39, 0.29) is 0 Å². The molecule has 1 heterocycles. The number of H-pyrrole nitrogens is 1. The van der Waals surface area contributed by atoms with Crippen molar-refractivity contribution in [3.05, 3.63) is 17.7 Å². The van der Waals surface area contributed by atoms with Gasteiger partial charge in [0.15, 0.2) is 0 Å². The van der Waals surface area contributed by atoms with Crippen molar-refractivity contribution in [2.24, 2.45) is 5.73 Å². The fourth-order valence-electron chi connectivity index (χ4n) is 0.953. The summed E-state index contributed by atoms with van der Waals surface area (Å²) in [7, 11) is 0. The van der Waals surface area contributed by atoms with E-state index in [2.05, 4.69) is 23.8 Å². The largest absolute Gasteiger partial charge is 0.345 e. The summed E-state index contributed by atoms with van der Waals surface area (Å²) < 4.78 is 0. The molecule has 3 heteroatoms. The van der Waals surface area contributed by atoms with Crippen LogP contribution in [0.5, 0.6) is 0 Å². The van der Waals surface area contributed by atoms with Gasteiger partial charge in [0.1, 0.15) is 5.82 Å². The van der Waals surface area contributed by atoms with E-state index in [0.717, 1.165) is 12.2 Å². The van der Waals surface area contributed by atoms with E-state index in [1.54, 1.807) is 0 Å². The van der Waals surface area contributed by atoms with Crippen LogP contribution in [0, 0.1) is 0 Å². The summed E-state index contributed by atoms with van der Waals surface area (Å²) in [5.74, 6) is 1.43. The summed E-state index contributed by atoms with van der Waals surface area (Å²) in [5.41, 5.74) is 6.60. The van der Waals surface area contributed by atoms with Gasteiger partial charge in [-0.1, -0.05) is 13.8 Å². The lowest BCUT2D eigenvalue weighted by Crippen LogP contribution is -1.99. The van der Waals surface area contributed by atoms with Crippen LogP contribution < -0.4 is 5.73 Å². The van der Waals surface area contributed by atoms with Crippen molar-refractivity contribution in [2.75, 3.05) is 0 Å². The molecule has 3 nitrogen and oxygen atoms in total. The van der Waals surface area contributed by atoms with Crippen molar-refractivity contribution in [3.8, 4) is 0 Å². The highest BCUT2D eigenvalue weighted by Crippen LogP contribution is 2.15. The van der Waals surface area contributed by atoms with Crippen molar-refractivity contribution < 1.29 is 0 Å². The molecule has 1 aromatic heterocycles. The number of imidazole rings is 1. The molecule has 1 atom stereocenters. The molecule has 11 heavy (non-hydrogen) atoms. The summed E-state index contributed by atoms with van der Waals surface area (Å²) in [6.45, 7) is 4.83. The van der Waals surface area contributed by atoms with Crippen molar-refractivity contribution in [3.63, 3.8) is 0 Å². The second kappa shape index (κ2) is 3.53. The highest BCUT2D eigenvalue weighted by molar-refractivity contribution is 5.05. The van der Waals surface area contributed by atoms with Gasteiger partial charge in [0, 0.05) is 11.9 Å². The lowest BCUT2D eigenvalue weighted by atomic mass is 10.1. The molecular formula is C8H15N3. The van der Waals surface area contributed by atoms with Gasteiger partial charge in [-0.15, -0.1) is 0 Å². The molecule has 0 aromatic carbocycles. The van der Waals surface area contributed by atoms with E-state index in [9.17, 15) is 0 Å². The highest BCUT2D eigenvalue weighted by Gasteiger charge is 2.04. The Bertz CT molecular complexity index is 217. The molecule has 0 bridgehead atoms. The minimum absolute atomic E-state index is 0.496. The second-order valence-electron chi connectivity index (χ2n) is 2.80. The van der Waals surface area contributed by atoms with Crippen LogP contribution in [0.15, 0.2) is 6.20 Å². The number of nitrogens with one attached hydrogen (secondary N) is 1. The first-order valence-electron chi connectivity index (χ1n) is 4.01. The maximum atomic E-state index is 5.41. The van der Waals surface area contributed by atoms with Gasteiger partial charge in [0.2, 0.25) is 0 Å². The summed E-state index contributed by atoms with van der Waals surface area (Å²) in [5, 5.41) is 0. The smallest absolute Gasteiger partial charge is 0.120 e. The van der Waals surface area contributed by atoms with Crippen molar-refractivity contribution >= 4 is 0 Å². The van der Waals surface area contributed by atoms with Crippen LogP contribution >= 0.6 is 0 Å². The molecule has 0 aliphatic heterocycles. The zero-order valence-corrected chi connectivity index (χ0v) is 7.09. The van der Waals surface area contributed by atoms with Crippen LogP contribution in [0.4, 0.5) is 0 Å². The quantitative estimate of drug-likeness (QED) is 0.689. The lowest BCUT2D eigenvalue weighted by molar-refractivity contribution is 0.709. The topological polar surface area (TPSA) is 54.7 Å². The van der Waals surface area contributed by atoms with E-state index in [0.29, 0.717) is 12.5 Å². The van der Waals surface area contributed by atoms with Gasteiger partial charge in [0.25, 0.3) is 0 Å². The Labute approximate surface area is 67.0 Å². The number of rotatable bonds is 3. The molecule has 0 spiro atoms. The fourth-order valence-corrected chi connectivity index (χ4v) is 0.953. The maximum absolute atomic E-state index is 5.41. The molecule has 1 unspecified atom stereocenters. The number of hydrogen-bond donors (Lipinski definition) is 2. The fraction of sp³-hybridized carbons (Fsp3) is 0.625. The summed E-state index contributed by atoms with van der Waals surface area (Å²) in [4.78, 5) is 7.30. The van der Waals surface area contributed by atoms with Crippen LogP contribution in [0.3, 0.4) is 0 Å². The lowest BCUT2D eigenvalue weighted by Gasteiger charge is -2.02. The number of aromatic amines is 1. The van der Waals surface area contributed by atoms with E-state index >= 15 is 0 Å². The van der Waals surface area contributed by atoms with Gasteiger partial charge >= 0.3 is 0 Å². The Hall–Kier alpha value is -0.830. The van der Waals surface area contributed by atoms with Crippen LogP contribution in [0.25, 0.3) is 0 Å². The van der Waals surface area contributed by atoms with Crippen molar-refractivity contribution in [1.29, 1.82) is 0 Å². The average molecular weight is 153 g/mol. The third-order valence-corrected chi connectivity index (χ3v) is 1.98. The molecule has 1 aromatic rings. The SMILES string of the molecule is CCC(C)c1cnc(CN)[nH]1. The third kappa shape index (κ3) is 1.80. The summed E-state index contributed by atoms with van der Waals surface area (Å²) in [6.07, 6.45) is 3.00. The molecule has 0 aliphatic carbocycles. The standard InChI is InChI=1S/C8H15N3/c1-3-6(2)7-5-10-8(4-9)11-7/h5-6H,3-4,9H2,1-2H3,(H,10,11). The van der Waals surface area contributed by atoms with Gasteiger partial charge < -0.3 is 10.7 Å². The van der Waals surface area contributed by atoms with Gasteiger partial charge in [0.05, 0.1) is 6.54 Å². The minimum Gasteiger partial charge on any atom is -0.345 e. The zero-order valence-electron chi connectivity index (χ0n) is 7.09. The number of aromatic nitrogens is 2. The molecule has 0 fully saturated rings. The summed E-state index contributed by atoms with van der Waals surface area (Å²) in [6, 6.07) is 0. The molecule has 0 aliphatic rings. The first kappa shape index (κ1) is 8.27. The zero-order chi connectivity index (χ0) is 8.27. The molecule has 0 amide bonds. The molecular weight excluding hydrogens is 138 g/mol. The predicted octanol–water partition coefficient (Wildman–Crippen LogP) is 1.38. The Morgan fingerprint density at radius 2 is 2.45 bits per heavy atom. The normalized spacial score (nSPS) is 13.4. The number of hydrogen-bond acceptors (Lipinski definition) is 2. The average Bonchev–Trinajstić information content (AvgIpc) is 2.50. The Balaban J connectivity index is 2.71. The van der Waals surface area contributed by atoms with Crippen molar-refractivity contribution in [1.82, 2.24) is 9.97 Å². The Morgan fingerprint density at radius 3 is 2.91 bits per heavy atom. The van der Waals surface area contributed by atoms with Gasteiger partial charge in [-0.3, -0.25) is 0 Å². The minimum atomic E-state index is 0.496. The van der Waals surface area contributed by atoms with E-state index in [4.69, 9.17) is 5.73 Å². The van der Waals surface area contributed by atoms with Crippen LogP contribution in [-0.4, -0.2) is 9.97 Å². The molecule has 1 rings (SSSR count). The van der Waals surface area contributed by atoms with Crippen LogP contribution in [0.1, 0.15) is 37.7 Å². The molecule has 62 valence electrons. The monoisotopic (exact) mass is 153 g/mol. The van der Waals surface area contributed by atoms with Gasteiger partial charge in [-0.25, -0.2) is 4.98 Å². The Morgan fingerprint density at radius 1 is 1.73 bits per heavy atom. The first-order chi connectivity index (χ1) is 5.27. The molecule has 0 saturated heterocycles. The number of nitrogens with two attached hydrogens (primary N) is 1. The van der Waals surface area contributed by atoms with Gasteiger partial charge in [-0.05, 0) is 12.3 Å². The van der Waals surface area contributed by atoms with E-state index in [1.165, 1.54) is 5.69 Å². The maximum Gasteiger partial charge on any atom is 0.120 e. The highest BCUT2D eigenvalue weighted by atomic mass is 14.9. The molecule has 3 N–H and O–H groups in total. The third-order valence-electron chi connectivity index (χ3n) is 1.98. The Kier molecular flexibility index (Phi) is 2.65. The van der Waals surface area contributed by atoms with Crippen molar-refractivity contribution in [2.45, 2.75) is 32.7 Å². The predicted molar refractivity (Wildman–Crippen MR) is 45.2 cm³/mol. The van der Waals surface area contributed by atoms with Gasteiger partial charge in [-0.2, -0.15) is 0 Å². The van der Waals surface area contributed by atoms with Crippen LogP contribution in [0.2, 0.25) is 0 Å². The summed E-state index contributed by atoms with van der Waals surface area (Å²) >= 11 is 0. The van der Waals surface area contributed by atoms with E-state index < -0.39 is 0 Å². The first-order valence-corrected chi connectivity index (χ1v) is 4.01.